The van der Waals surface area contributed by atoms with Crippen LogP contribution in [0.3, 0.4) is 0 Å². The zero-order chi connectivity index (χ0) is 13.2. The van der Waals surface area contributed by atoms with Crippen LogP contribution in [0.1, 0.15) is 26.7 Å². The van der Waals surface area contributed by atoms with Crippen LogP contribution in [-0.4, -0.2) is 46.5 Å². The lowest BCUT2D eigenvalue weighted by molar-refractivity contribution is -0.134. The number of carbonyl (C=O) groups is 1. The van der Waals surface area contributed by atoms with Crippen molar-refractivity contribution < 1.29 is 14.8 Å². The van der Waals surface area contributed by atoms with Crippen LogP contribution < -0.4 is 5.73 Å². The third-order valence-electron chi connectivity index (χ3n) is 3.34. The molecule has 0 saturated carbocycles. The number of nitrogens with two attached hydrogens (primary N) is 1. The lowest BCUT2D eigenvalue weighted by atomic mass is 9.77. The molecule has 0 aliphatic carbocycles. The van der Waals surface area contributed by atoms with Crippen molar-refractivity contribution in [2.24, 2.45) is 11.1 Å². The first-order chi connectivity index (χ1) is 7.81. The maximum absolute atomic E-state index is 12.1. The van der Waals surface area contributed by atoms with Gasteiger partial charge in [0.1, 0.15) is 6.04 Å². The van der Waals surface area contributed by atoms with E-state index in [4.69, 9.17) is 12.2 Å². The molecule has 1 rings (SSSR count). The van der Waals surface area contributed by atoms with Crippen molar-refractivity contribution in [2.45, 2.75) is 38.7 Å². The summed E-state index contributed by atoms with van der Waals surface area (Å²) in [6.07, 6.45) is 6.66. The molecule has 5 nitrogen and oxygen atoms in total. The lowest BCUT2D eigenvalue weighted by Crippen LogP contribution is -2.55. The molecule has 1 aliphatic heterocycles. The summed E-state index contributed by atoms with van der Waals surface area (Å²) >= 11 is 0. The summed E-state index contributed by atoms with van der Waals surface area (Å²) in [7, 11) is -1.53. The van der Waals surface area contributed by atoms with E-state index in [0.29, 0.717) is 13.0 Å². The van der Waals surface area contributed by atoms with Crippen molar-refractivity contribution in [1.29, 1.82) is 0 Å². The molecule has 17 heavy (non-hydrogen) atoms. The van der Waals surface area contributed by atoms with Crippen LogP contribution in [0, 0.1) is 17.8 Å². The van der Waals surface area contributed by atoms with Crippen LogP contribution in [0.4, 0.5) is 0 Å². The number of hydrogen-bond acceptors (Lipinski definition) is 4. The van der Waals surface area contributed by atoms with Crippen molar-refractivity contribution in [3.8, 4) is 12.3 Å². The molecule has 1 unspecified atom stereocenters. The zero-order valence-corrected chi connectivity index (χ0v) is 10.3. The molecule has 0 radical (unpaired) electrons. The van der Waals surface area contributed by atoms with E-state index in [1.807, 2.05) is 0 Å². The van der Waals surface area contributed by atoms with Gasteiger partial charge in [0.2, 0.25) is 5.91 Å². The number of likely N-dealkylation sites (tertiary alicyclic amines) is 1. The standard InChI is InChI=1S/C11H19BN2O3/c1-4-11(2,3)9(13)10(15)14-7-5-6-8(14)12(16)17/h1,8-9,16-17H,5-7,13H2,2-3H3/t8-,9?/m0/s1. The molecule has 94 valence electrons. The van der Waals surface area contributed by atoms with Gasteiger partial charge in [-0.1, -0.05) is 5.92 Å². The maximum Gasteiger partial charge on any atom is 0.475 e. The van der Waals surface area contributed by atoms with Gasteiger partial charge in [-0.15, -0.1) is 6.42 Å². The SMILES string of the molecule is C#CC(C)(C)C(N)C(=O)N1CCC[C@H]1B(O)O. The van der Waals surface area contributed by atoms with E-state index in [1.165, 1.54) is 4.90 Å². The van der Waals surface area contributed by atoms with Crippen LogP contribution in [0.25, 0.3) is 0 Å². The molecule has 6 heteroatoms. The third-order valence-corrected chi connectivity index (χ3v) is 3.34. The van der Waals surface area contributed by atoms with Gasteiger partial charge in [-0.25, -0.2) is 0 Å². The Balaban J connectivity index is 2.80. The fourth-order valence-electron chi connectivity index (χ4n) is 1.95. The van der Waals surface area contributed by atoms with Gasteiger partial charge in [0, 0.05) is 12.0 Å². The molecule has 1 heterocycles. The smallest absolute Gasteiger partial charge is 0.426 e. The minimum absolute atomic E-state index is 0.316. The van der Waals surface area contributed by atoms with E-state index < -0.39 is 24.5 Å². The van der Waals surface area contributed by atoms with Crippen molar-refractivity contribution in [1.82, 2.24) is 4.90 Å². The van der Waals surface area contributed by atoms with Crippen LogP contribution in [0.5, 0.6) is 0 Å². The highest BCUT2D eigenvalue weighted by molar-refractivity contribution is 6.43. The summed E-state index contributed by atoms with van der Waals surface area (Å²) in [5.74, 6) is 1.61. The van der Waals surface area contributed by atoms with E-state index in [1.54, 1.807) is 13.8 Å². The van der Waals surface area contributed by atoms with Gasteiger partial charge >= 0.3 is 7.12 Å². The molecule has 1 aliphatic rings. The lowest BCUT2D eigenvalue weighted by Gasteiger charge is -2.32. The number of terminal acetylenes is 1. The second kappa shape index (κ2) is 5.09. The van der Waals surface area contributed by atoms with Crippen molar-refractivity contribution in [2.75, 3.05) is 6.54 Å². The van der Waals surface area contributed by atoms with Gasteiger partial charge < -0.3 is 20.7 Å². The van der Waals surface area contributed by atoms with Crippen LogP contribution >= 0.6 is 0 Å². The summed E-state index contributed by atoms with van der Waals surface area (Å²) < 4.78 is 0. The first-order valence-corrected chi connectivity index (χ1v) is 5.71. The summed E-state index contributed by atoms with van der Waals surface area (Å²) in [5.41, 5.74) is 5.11. The number of amides is 1. The largest absolute Gasteiger partial charge is 0.475 e. The van der Waals surface area contributed by atoms with Gasteiger partial charge in [-0.3, -0.25) is 4.79 Å². The van der Waals surface area contributed by atoms with E-state index >= 15 is 0 Å². The van der Waals surface area contributed by atoms with Crippen molar-refractivity contribution in [3.05, 3.63) is 0 Å². The maximum atomic E-state index is 12.1. The monoisotopic (exact) mass is 238 g/mol. The van der Waals surface area contributed by atoms with E-state index in [9.17, 15) is 14.8 Å². The highest BCUT2D eigenvalue weighted by Gasteiger charge is 2.41. The Labute approximate surface area is 102 Å². The topological polar surface area (TPSA) is 86.8 Å². The van der Waals surface area contributed by atoms with Crippen LogP contribution in [0.15, 0.2) is 0 Å². The summed E-state index contributed by atoms with van der Waals surface area (Å²) in [6.45, 7) is 3.93. The normalized spacial score (nSPS) is 22.1. The van der Waals surface area contributed by atoms with Crippen molar-refractivity contribution in [3.63, 3.8) is 0 Å². The highest BCUT2D eigenvalue weighted by atomic mass is 16.4. The molecule has 4 N–H and O–H groups in total. The average Bonchev–Trinajstić information content (AvgIpc) is 2.75. The molecule has 1 saturated heterocycles. The van der Waals surface area contributed by atoms with E-state index in [0.717, 1.165) is 6.42 Å². The fraction of sp³-hybridized carbons (Fsp3) is 0.727. The molecule has 1 amide bonds. The molecule has 0 spiro atoms. The third kappa shape index (κ3) is 2.81. The molecule has 0 aromatic carbocycles. The van der Waals surface area contributed by atoms with E-state index in [-0.39, 0.29) is 5.91 Å². The van der Waals surface area contributed by atoms with Crippen LogP contribution in [0.2, 0.25) is 0 Å². The number of hydrogen-bond donors (Lipinski definition) is 3. The van der Waals surface area contributed by atoms with Gasteiger partial charge in [0.15, 0.2) is 0 Å². The Morgan fingerprint density at radius 2 is 2.24 bits per heavy atom. The van der Waals surface area contributed by atoms with Crippen molar-refractivity contribution >= 4 is 13.0 Å². The molecule has 0 bridgehead atoms. The predicted molar refractivity (Wildman–Crippen MR) is 65.5 cm³/mol. The zero-order valence-electron chi connectivity index (χ0n) is 10.3. The Hall–Kier alpha value is -1.03. The molecule has 2 atom stereocenters. The molecule has 0 aromatic heterocycles. The Morgan fingerprint density at radius 1 is 1.65 bits per heavy atom. The molecule has 0 aromatic rings. The second-order valence-corrected chi connectivity index (χ2v) is 5.00. The molecular weight excluding hydrogens is 219 g/mol. The van der Waals surface area contributed by atoms with Crippen LogP contribution in [-0.2, 0) is 4.79 Å². The van der Waals surface area contributed by atoms with Gasteiger partial charge in [-0.05, 0) is 26.7 Å². The quantitative estimate of drug-likeness (QED) is 0.433. The minimum Gasteiger partial charge on any atom is -0.426 e. The number of rotatable bonds is 3. The second-order valence-electron chi connectivity index (χ2n) is 5.00. The Kier molecular flexibility index (Phi) is 4.20. The summed E-state index contributed by atoms with van der Waals surface area (Å²) in [5, 5.41) is 18.4. The number of carbonyl (C=O) groups excluding carboxylic acids is 1. The summed E-state index contributed by atoms with van der Waals surface area (Å²) in [4.78, 5) is 13.6. The van der Waals surface area contributed by atoms with E-state index in [2.05, 4.69) is 5.92 Å². The van der Waals surface area contributed by atoms with Gasteiger partial charge in [0.05, 0.1) is 5.94 Å². The number of nitrogens with zero attached hydrogens (tertiary/aromatic N) is 1. The Morgan fingerprint density at radius 3 is 2.71 bits per heavy atom. The first kappa shape index (κ1) is 14.0. The fourth-order valence-corrected chi connectivity index (χ4v) is 1.95. The molecular formula is C11H19BN2O3. The average molecular weight is 238 g/mol. The first-order valence-electron chi connectivity index (χ1n) is 5.71. The minimum atomic E-state index is -1.53. The highest BCUT2D eigenvalue weighted by Crippen LogP contribution is 2.24. The summed E-state index contributed by atoms with van der Waals surface area (Å²) in [6, 6.07) is -0.827. The predicted octanol–water partition coefficient (Wildman–Crippen LogP) is -1.02. The molecule has 1 fully saturated rings. The Bertz CT molecular complexity index is 338. The van der Waals surface area contributed by atoms with Gasteiger partial charge in [0.25, 0.3) is 0 Å². The van der Waals surface area contributed by atoms with Gasteiger partial charge in [-0.2, -0.15) is 0 Å².